The number of ether oxygens (including phenoxy) is 2. The molecule has 0 spiro atoms. The fraction of sp³-hybridized carbons (Fsp3) is 0.231. The molecule has 0 aliphatic rings. The lowest BCUT2D eigenvalue weighted by molar-refractivity contribution is 0.356. The van der Waals surface area contributed by atoms with Crippen molar-refractivity contribution in [3.8, 4) is 22.6 Å². The van der Waals surface area contributed by atoms with Crippen LogP contribution in [0, 0.1) is 6.92 Å². The second-order valence-corrected chi connectivity index (χ2v) is 10.1. The summed E-state index contributed by atoms with van der Waals surface area (Å²) >= 11 is 0. The summed E-state index contributed by atoms with van der Waals surface area (Å²) < 4.78 is 35.5. The Morgan fingerprint density at radius 2 is 1.62 bits per heavy atom. The van der Waals surface area contributed by atoms with E-state index >= 15 is 0 Å². The number of rotatable bonds is 7. The zero-order chi connectivity index (χ0) is 24.5. The van der Waals surface area contributed by atoms with Crippen LogP contribution in [-0.4, -0.2) is 38.9 Å². The van der Waals surface area contributed by atoms with E-state index in [1.807, 2.05) is 62.4 Å². The van der Waals surface area contributed by atoms with Crippen molar-refractivity contribution in [2.45, 2.75) is 24.8 Å². The lowest BCUT2D eigenvalue weighted by Crippen LogP contribution is -2.10. The van der Waals surface area contributed by atoms with Gasteiger partial charge in [0.05, 0.1) is 24.6 Å². The van der Waals surface area contributed by atoms with Crippen molar-refractivity contribution in [2.24, 2.45) is 0 Å². The maximum atomic E-state index is 12.3. The molecule has 0 fully saturated rings. The molecule has 0 bridgehead atoms. The summed E-state index contributed by atoms with van der Waals surface area (Å²) in [7, 11) is -0.177. The Balaban J connectivity index is 1.73. The molecular formula is C26H27N3O4S. The molecule has 1 atom stereocenters. The highest BCUT2D eigenvalue weighted by molar-refractivity contribution is 7.90. The van der Waals surface area contributed by atoms with E-state index in [-0.39, 0.29) is 6.04 Å². The summed E-state index contributed by atoms with van der Waals surface area (Å²) in [4.78, 5) is 9.48. The van der Waals surface area contributed by atoms with Gasteiger partial charge >= 0.3 is 0 Å². The number of hydrogen-bond donors (Lipinski definition) is 1. The number of aryl methyl sites for hydroxylation is 1. The fourth-order valence-corrected chi connectivity index (χ4v) is 4.89. The van der Waals surface area contributed by atoms with Crippen molar-refractivity contribution in [1.29, 1.82) is 0 Å². The normalized spacial score (nSPS) is 12.4. The molecule has 1 N–H and O–H groups in total. The number of nitrogens with one attached hydrogen (secondary N) is 1. The van der Waals surface area contributed by atoms with Crippen LogP contribution >= 0.6 is 0 Å². The molecule has 0 aliphatic carbocycles. The number of aromatic nitrogens is 2. The molecule has 1 aromatic heterocycles. The molecule has 34 heavy (non-hydrogen) atoms. The van der Waals surface area contributed by atoms with E-state index in [0.29, 0.717) is 33.6 Å². The summed E-state index contributed by atoms with van der Waals surface area (Å²) in [6.07, 6.45) is 1.23. The van der Waals surface area contributed by atoms with Crippen LogP contribution < -0.4 is 14.8 Å². The lowest BCUT2D eigenvalue weighted by Gasteiger charge is -2.19. The Morgan fingerprint density at radius 3 is 2.32 bits per heavy atom. The average molecular weight is 478 g/mol. The molecule has 1 heterocycles. The Bertz CT molecular complexity index is 1470. The second kappa shape index (κ2) is 9.30. The zero-order valence-corrected chi connectivity index (χ0v) is 20.6. The van der Waals surface area contributed by atoms with Gasteiger partial charge in [0.15, 0.2) is 21.3 Å². The summed E-state index contributed by atoms with van der Waals surface area (Å²) in [5.41, 5.74) is 3.25. The Hall–Kier alpha value is -3.65. The van der Waals surface area contributed by atoms with E-state index in [1.54, 1.807) is 26.4 Å². The van der Waals surface area contributed by atoms with Crippen LogP contribution in [0.3, 0.4) is 0 Å². The number of fused-ring (bicyclic) bond motifs is 1. The smallest absolute Gasteiger partial charge is 0.176 e. The third-order valence-electron chi connectivity index (χ3n) is 5.65. The van der Waals surface area contributed by atoms with E-state index in [0.717, 1.165) is 22.0 Å². The van der Waals surface area contributed by atoms with Gasteiger partial charge in [-0.25, -0.2) is 18.4 Å². The summed E-state index contributed by atoms with van der Waals surface area (Å²) in [6.45, 7) is 3.88. The zero-order valence-electron chi connectivity index (χ0n) is 19.8. The third-order valence-corrected chi connectivity index (χ3v) is 6.81. The predicted molar refractivity (Wildman–Crippen MR) is 134 cm³/mol. The van der Waals surface area contributed by atoms with Crippen molar-refractivity contribution in [3.63, 3.8) is 0 Å². The molecule has 3 aromatic carbocycles. The second-order valence-electron chi connectivity index (χ2n) is 8.10. The Kier molecular flexibility index (Phi) is 6.43. The van der Waals surface area contributed by atoms with E-state index < -0.39 is 9.84 Å². The molecule has 4 aromatic rings. The SMILES string of the molecule is COc1cc2nc(C)nc(NC(C)c3cccc(-c4ccccc4S(C)(=O)=O)c3)c2cc1OC. The van der Waals surface area contributed by atoms with E-state index in [2.05, 4.69) is 15.3 Å². The third kappa shape index (κ3) is 4.68. The van der Waals surface area contributed by atoms with Crippen LogP contribution in [0.15, 0.2) is 65.6 Å². The molecular weight excluding hydrogens is 450 g/mol. The van der Waals surface area contributed by atoms with E-state index in [9.17, 15) is 8.42 Å². The van der Waals surface area contributed by atoms with Crippen LogP contribution in [0.1, 0.15) is 24.4 Å². The minimum Gasteiger partial charge on any atom is -0.493 e. The van der Waals surface area contributed by atoms with Gasteiger partial charge in [-0.15, -0.1) is 0 Å². The first kappa shape index (κ1) is 23.5. The Morgan fingerprint density at radius 1 is 0.912 bits per heavy atom. The number of methoxy groups -OCH3 is 2. The van der Waals surface area contributed by atoms with Gasteiger partial charge in [-0.3, -0.25) is 0 Å². The van der Waals surface area contributed by atoms with Gasteiger partial charge in [-0.2, -0.15) is 0 Å². The number of benzene rings is 3. The molecule has 0 saturated carbocycles. The maximum absolute atomic E-state index is 12.3. The quantitative estimate of drug-likeness (QED) is 0.391. The standard InChI is InChI=1S/C26H27N3O4S/c1-16(18-9-8-10-19(13-18)20-11-6-7-12-25(20)34(5,30)31)27-26-21-14-23(32-3)24(33-4)15-22(21)28-17(2)29-26/h6-16H,1-5H3,(H,27,28,29). The van der Waals surface area contributed by atoms with Crippen LogP contribution in [-0.2, 0) is 9.84 Å². The maximum Gasteiger partial charge on any atom is 0.176 e. The molecule has 1 unspecified atom stereocenters. The van der Waals surface area contributed by atoms with Gasteiger partial charge in [-0.1, -0.05) is 36.4 Å². The minimum atomic E-state index is -3.36. The largest absolute Gasteiger partial charge is 0.493 e. The number of anilines is 1. The monoisotopic (exact) mass is 477 g/mol. The van der Waals surface area contributed by atoms with Crippen molar-refractivity contribution in [2.75, 3.05) is 25.8 Å². The first-order chi connectivity index (χ1) is 16.2. The van der Waals surface area contributed by atoms with Crippen LogP contribution in [0.25, 0.3) is 22.0 Å². The van der Waals surface area contributed by atoms with Crippen LogP contribution in [0.4, 0.5) is 5.82 Å². The first-order valence-corrected chi connectivity index (χ1v) is 12.7. The fourth-order valence-electron chi connectivity index (χ4n) is 3.97. The van der Waals surface area contributed by atoms with Crippen LogP contribution in [0.5, 0.6) is 11.5 Å². The first-order valence-electron chi connectivity index (χ1n) is 10.8. The Labute approximate surface area is 199 Å². The molecule has 8 heteroatoms. The minimum absolute atomic E-state index is 0.115. The van der Waals surface area contributed by atoms with E-state index in [4.69, 9.17) is 9.47 Å². The molecule has 176 valence electrons. The van der Waals surface area contributed by atoms with Gasteiger partial charge in [0.25, 0.3) is 0 Å². The van der Waals surface area contributed by atoms with Gasteiger partial charge in [0, 0.05) is 29.3 Å². The molecule has 0 radical (unpaired) electrons. The van der Waals surface area contributed by atoms with Crippen molar-refractivity contribution in [1.82, 2.24) is 9.97 Å². The van der Waals surface area contributed by atoms with Gasteiger partial charge < -0.3 is 14.8 Å². The van der Waals surface area contributed by atoms with Crippen LogP contribution in [0.2, 0.25) is 0 Å². The molecule has 0 saturated heterocycles. The van der Waals surface area contributed by atoms with Crippen molar-refractivity contribution in [3.05, 3.63) is 72.1 Å². The highest BCUT2D eigenvalue weighted by Gasteiger charge is 2.17. The molecule has 4 rings (SSSR count). The number of sulfone groups is 1. The van der Waals surface area contributed by atoms with Gasteiger partial charge in [0.1, 0.15) is 11.6 Å². The number of nitrogens with zero attached hydrogens (tertiary/aromatic N) is 2. The number of hydrogen-bond acceptors (Lipinski definition) is 7. The molecule has 0 amide bonds. The summed E-state index contributed by atoms with van der Waals surface area (Å²) in [5.74, 6) is 2.50. The predicted octanol–water partition coefficient (Wildman–Crippen LogP) is 5.20. The topological polar surface area (TPSA) is 90.4 Å². The van der Waals surface area contributed by atoms with E-state index in [1.165, 1.54) is 6.26 Å². The highest BCUT2D eigenvalue weighted by Crippen LogP contribution is 2.35. The highest BCUT2D eigenvalue weighted by atomic mass is 32.2. The summed E-state index contributed by atoms with van der Waals surface area (Å²) in [5, 5.41) is 4.30. The van der Waals surface area contributed by atoms with Crippen molar-refractivity contribution >= 4 is 26.6 Å². The molecule has 0 aliphatic heterocycles. The molecule has 7 nitrogen and oxygen atoms in total. The van der Waals surface area contributed by atoms with Gasteiger partial charge in [0.2, 0.25) is 0 Å². The average Bonchev–Trinajstić information content (AvgIpc) is 2.82. The lowest BCUT2D eigenvalue weighted by atomic mass is 10.00. The summed E-state index contributed by atoms with van der Waals surface area (Å²) in [6, 6.07) is 18.5. The van der Waals surface area contributed by atoms with Crippen molar-refractivity contribution < 1.29 is 17.9 Å². The van der Waals surface area contributed by atoms with Gasteiger partial charge in [-0.05, 0) is 43.2 Å².